The third kappa shape index (κ3) is 2.82. The molecule has 0 aromatic rings. The monoisotopic (exact) mass is 442 g/mol. The largest absolute Gasteiger partial charge is 0.381 e. The summed E-state index contributed by atoms with van der Waals surface area (Å²) in [7, 11) is 6.52. The van der Waals surface area contributed by atoms with Crippen molar-refractivity contribution in [3.63, 3.8) is 0 Å². The van der Waals surface area contributed by atoms with Gasteiger partial charge in [0.25, 0.3) is 0 Å². The van der Waals surface area contributed by atoms with Gasteiger partial charge in [0.2, 0.25) is 0 Å². The number of nitrogens with zero attached hydrogens (tertiary/aromatic N) is 2. The van der Waals surface area contributed by atoms with Gasteiger partial charge in [0.05, 0.1) is 11.7 Å². The Balaban J connectivity index is 1.28. The molecule has 5 fully saturated rings. The van der Waals surface area contributed by atoms with Crippen molar-refractivity contribution >= 4 is 0 Å². The van der Waals surface area contributed by atoms with Crippen molar-refractivity contribution in [1.29, 1.82) is 0 Å². The van der Waals surface area contributed by atoms with Crippen molar-refractivity contribution in [3.05, 3.63) is 11.6 Å². The van der Waals surface area contributed by atoms with E-state index in [1.54, 1.807) is 5.57 Å². The molecule has 0 radical (unpaired) electrons. The van der Waals surface area contributed by atoms with Gasteiger partial charge in [-0.25, -0.2) is 0 Å². The second-order valence-corrected chi connectivity index (χ2v) is 13.1. The second kappa shape index (κ2) is 7.29. The number of hydrogen-bond acceptors (Lipinski definition) is 4. The maximum absolute atomic E-state index is 7.38. The van der Waals surface area contributed by atoms with Crippen LogP contribution in [-0.2, 0) is 9.47 Å². The number of ether oxygens (including phenoxy) is 2. The Bertz CT molecular complexity index is 788. The number of hydrogen-bond donors (Lipinski definition) is 0. The summed E-state index contributed by atoms with van der Waals surface area (Å²) in [6, 6.07) is 0. The van der Waals surface area contributed by atoms with Crippen molar-refractivity contribution in [3.8, 4) is 0 Å². The fraction of sp³-hybridized carbons (Fsp3) is 0.929. The molecule has 4 aliphatic carbocycles. The maximum Gasteiger partial charge on any atom is 0.124 e. The van der Waals surface area contributed by atoms with E-state index in [0.717, 1.165) is 24.3 Å². The number of allylic oxidation sites excluding steroid dienone is 1. The average molecular weight is 443 g/mol. The number of methoxy groups -OCH3 is 1. The van der Waals surface area contributed by atoms with Crippen LogP contribution < -0.4 is 0 Å². The third-order valence-electron chi connectivity index (χ3n) is 12.0. The smallest absolute Gasteiger partial charge is 0.124 e. The highest BCUT2D eigenvalue weighted by molar-refractivity contribution is 5.27. The molecule has 0 amide bonds. The first-order chi connectivity index (χ1) is 15.3. The van der Waals surface area contributed by atoms with Gasteiger partial charge in [0.15, 0.2) is 0 Å². The van der Waals surface area contributed by atoms with Gasteiger partial charge in [-0.05, 0) is 88.6 Å². The van der Waals surface area contributed by atoms with Crippen molar-refractivity contribution in [1.82, 2.24) is 9.80 Å². The molecule has 180 valence electrons. The van der Waals surface area contributed by atoms with Gasteiger partial charge in [-0.2, -0.15) is 0 Å². The first-order valence-electron chi connectivity index (χ1n) is 13.6. The molecule has 4 unspecified atom stereocenters. The van der Waals surface area contributed by atoms with Crippen molar-refractivity contribution < 1.29 is 9.47 Å². The zero-order chi connectivity index (χ0) is 22.4. The first kappa shape index (κ1) is 22.1. The van der Waals surface area contributed by atoms with E-state index >= 15 is 0 Å². The van der Waals surface area contributed by atoms with Crippen LogP contribution >= 0.6 is 0 Å². The van der Waals surface area contributed by atoms with Crippen LogP contribution in [0, 0.1) is 28.6 Å². The maximum atomic E-state index is 7.38. The van der Waals surface area contributed by atoms with Gasteiger partial charge in [0.1, 0.15) is 5.72 Å². The minimum Gasteiger partial charge on any atom is -0.381 e. The lowest BCUT2D eigenvalue weighted by Crippen LogP contribution is -2.56. The normalized spacial score (nSPS) is 50.8. The van der Waals surface area contributed by atoms with Crippen LogP contribution in [0.2, 0.25) is 0 Å². The van der Waals surface area contributed by atoms with E-state index in [2.05, 4.69) is 43.8 Å². The van der Waals surface area contributed by atoms with Crippen LogP contribution in [0.3, 0.4) is 0 Å². The van der Waals surface area contributed by atoms with Crippen LogP contribution in [0.5, 0.6) is 0 Å². The highest BCUT2D eigenvalue weighted by Crippen LogP contribution is 2.69. The van der Waals surface area contributed by atoms with Gasteiger partial charge in [0, 0.05) is 45.0 Å². The molecule has 4 heteroatoms. The van der Waals surface area contributed by atoms with Crippen LogP contribution in [0.25, 0.3) is 0 Å². The molecule has 2 saturated heterocycles. The fourth-order valence-corrected chi connectivity index (χ4v) is 9.80. The molecule has 4 nitrogen and oxygen atoms in total. The van der Waals surface area contributed by atoms with Gasteiger partial charge in [-0.1, -0.05) is 25.5 Å². The molecular weight excluding hydrogens is 396 g/mol. The summed E-state index contributed by atoms with van der Waals surface area (Å²) in [6.07, 6.45) is 15.9. The van der Waals surface area contributed by atoms with Crippen LogP contribution in [-0.4, -0.2) is 68.1 Å². The predicted molar refractivity (Wildman–Crippen MR) is 128 cm³/mol. The van der Waals surface area contributed by atoms with E-state index in [4.69, 9.17) is 9.47 Å². The molecule has 7 atom stereocenters. The third-order valence-corrected chi connectivity index (χ3v) is 12.0. The lowest BCUT2D eigenvalue weighted by molar-refractivity contribution is -0.203. The molecule has 32 heavy (non-hydrogen) atoms. The highest BCUT2D eigenvalue weighted by Gasteiger charge is 2.69. The first-order valence-corrected chi connectivity index (χ1v) is 13.6. The summed E-state index contributed by atoms with van der Waals surface area (Å²) in [5.41, 5.74) is 2.55. The molecule has 2 spiro atoms. The average Bonchev–Trinajstić information content (AvgIpc) is 3.22. The van der Waals surface area contributed by atoms with Crippen LogP contribution in [0.1, 0.15) is 78.1 Å². The minimum atomic E-state index is -0.00852. The van der Waals surface area contributed by atoms with E-state index in [0.29, 0.717) is 16.9 Å². The summed E-state index contributed by atoms with van der Waals surface area (Å²) < 4.78 is 13.2. The number of rotatable bonds is 1. The van der Waals surface area contributed by atoms with Crippen LogP contribution in [0.4, 0.5) is 0 Å². The minimum absolute atomic E-state index is 0.00852. The molecule has 2 heterocycles. The molecule has 2 aliphatic heterocycles. The number of likely N-dealkylation sites (tertiary alicyclic amines) is 1. The molecular formula is C28H46N2O2. The van der Waals surface area contributed by atoms with Gasteiger partial charge < -0.3 is 14.4 Å². The zero-order valence-electron chi connectivity index (χ0n) is 21.3. The zero-order valence-corrected chi connectivity index (χ0v) is 21.3. The summed E-state index contributed by atoms with van der Waals surface area (Å²) in [5, 5.41) is 0. The topological polar surface area (TPSA) is 24.9 Å². The summed E-state index contributed by atoms with van der Waals surface area (Å²) in [5.74, 6) is 2.54. The quantitative estimate of drug-likeness (QED) is 0.528. The number of likely N-dealkylation sites (N-methyl/N-ethyl adjacent to an activating group) is 1. The van der Waals surface area contributed by atoms with E-state index in [9.17, 15) is 0 Å². The van der Waals surface area contributed by atoms with Crippen molar-refractivity contribution in [2.75, 3.05) is 40.8 Å². The van der Waals surface area contributed by atoms with Crippen molar-refractivity contribution in [2.45, 2.75) is 95.5 Å². The molecule has 6 aliphatic rings. The number of fused-ring (bicyclic) bond motifs is 6. The Morgan fingerprint density at radius 3 is 2.47 bits per heavy atom. The number of piperidine rings is 1. The summed E-state index contributed by atoms with van der Waals surface area (Å²) in [4.78, 5) is 5.11. The SMILES string of the molecule is COC1CC[C@@]2(C)C(=CCC3C2CC[C@@]2(C)C3CC[C@]23CN(C)C2(CCN(C)CC2)O3)C1. The lowest BCUT2D eigenvalue weighted by atomic mass is 9.47. The molecule has 0 N–H and O–H groups in total. The highest BCUT2D eigenvalue weighted by atomic mass is 16.6. The van der Waals surface area contributed by atoms with Crippen LogP contribution in [0.15, 0.2) is 11.6 Å². The molecule has 0 aromatic carbocycles. The van der Waals surface area contributed by atoms with Gasteiger partial charge in [-0.15, -0.1) is 0 Å². The predicted octanol–water partition coefficient (Wildman–Crippen LogP) is 5.09. The van der Waals surface area contributed by atoms with E-state index in [1.165, 1.54) is 77.3 Å². The Morgan fingerprint density at radius 2 is 1.72 bits per heavy atom. The van der Waals surface area contributed by atoms with E-state index in [-0.39, 0.29) is 11.3 Å². The standard InChI is InChI=1S/C28H46N2O2/c1-25-11-8-21(31-5)18-20(25)6-7-22-23(25)9-12-26(2)24(22)10-13-27(26)19-30(4)28(32-27)14-16-29(3)17-15-28/h6,21-24H,7-19H2,1-5H3/t21?,22?,23?,24?,25-,26-,27-/m0/s1. The van der Waals surface area contributed by atoms with Crippen molar-refractivity contribution in [2.24, 2.45) is 28.6 Å². The molecule has 3 saturated carbocycles. The Kier molecular flexibility index (Phi) is 5.03. The Morgan fingerprint density at radius 1 is 0.969 bits per heavy atom. The van der Waals surface area contributed by atoms with Gasteiger partial charge >= 0.3 is 0 Å². The summed E-state index contributed by atoms with van der Waals surface area (Å²) >= 11 is 0. The van der Waals surface area contributed by atoms with E-state index in [1.807, 2.05) is 7.11 Å². The molecule has 0 bridgehead atoms. The van der Waals surface area contributed by atoms with E-state index < -0.39 is 0 Å². The lowest BCUT2D eigenvalue weighted by Gasteiger charge is -2.59. The second-order valence-electron chi connectivity index (χ2n) is 13.1. The molecule has 0 aromatic heterocycles. The van der Waals surface area contributed by atoms with Gasteiger partial charge in [-0.3, -0.25) is 4.90 Å². The Labute approximate surface area is 196 Å². The molecule has 6 rings (SSSR count). The fourth-order valence-electron chi connectivity index (χ4n) is 9.80. The summed E-state index contributed by atoms with van der Waals surface area (Å²) in [6.45, 7) is 8.74. The Hall–Kier alpha value is -0.420.